The molecule has 0 aliphatic carbocycles. The van der Waals surface area contributed by atoms with Crippen LogP contribution in [-0.2, 0) is 4.79 Å². The van der Waals surface area contributed by atoms with Gasteiger partial charge in [-0.25, -0.2) is 0 Å². The van der Waals surface area contributed by atoms with Gasteiger partial charge in [0, 0.05) is 18.3 Å². The SMILES string of the molecule is C#CC(C)(C)NC(=O)c1cc(NC(=O)CC(C)(C)C)ccn1. The molecule has 5 heteroatoms. The fourth-order valence-electron chi connectivity index (χ4n) is 1.70. The summed E-state index contributed by atoms with van der Waals surface area (Å²) in [6.07, 6.45) is 7.21. The second kappa shape index (κ2) is 6.61. The van der Waals surface area contributed by atoms with Gasteiger partial charge in [0.05, 0.1) is 5.54 Å². The second-order valence-electron chi connectivity index (χ2n) is 6.94. The molecular formula is C17H23N3O2. The van der Waals surface area contributed by atoms with Gasteiger partial charge in [0.2, 0.25) is 5.91 Å². The number of amides is 2. The van der Waals surface area contributed by atoms with Gasteiger partial charge in [-0.1, -0.05) is 26.7 Å². The number of pyridine rings is 1. The molecule has 0 aliphatic heterocycles. The zero-order valence-electron chi connectivity index (χ0n) is 13.8. The number of terminal acetylenes is 1. The van der Waals surface area contributed by atoms with Crippen molar-refractivity contribution in [3.8, 4) is 12.3 Å². The van der Waals surface area contributed by atoms with Gasteiger partial charge in [-0.15, -0.1) is 6.42 Å². The van der Waals surface area contributed by atoms with Gasteiger partial charge in [0.1, 0.15) is 5.69 Å². The number of anilines is 1. The standard InChI is InChI=1S/C17H23N3O2/c1-7-17(5,6)20-15(22)13-10-12(8-9-18-13)19-14(21)11-16(2,3)4/h1,8-10H,11H2,2-6H3,(H,20,22)(H,18,19,21). The van der Waals surface area contributed by atoms with E-state index < -0.39 is 5.54 Å². The predicted molar refractivity (Wildman–Crippen MR) is 87.3 cm³/mol. The summed E-state index contributed by atoms with van der Waals surface area (Å²) in [7, 11) is 0. The minimum absolute atomic E-state index is 0.103. The number of hydrogen-bond acceptors (Lipinski definition) is 3. The van der Waals surface area contributed by atoms with Crippen molar-refractivity contribution in [1.82, 2.24) is 10.3 Å². The smallest absolute Gasteiger partial charge is 0.271 e. The molecule has 2 N–H and O–H groups in total. The van der Waals surface area contributed by atoms with Crippen LogP contribution in [0.3, 0.4) is 0 Å². The number of nitrogens with zero attached hydrogens (tertiary/aromatic N) is 1. The third-order valence-corrected chi connectivity index (χ3v) is 2.75. The van der Waals surface area contributed by atoms with Crippen LogP contribution in [0.5, 0.6) is 0 Å². The topological polar surface area (TPSA) is 71.1 Å². The van der Waals surface area contributed by atoms with Crippen LogP contribution >= 0.6 is 0 Å². The van der Waals surface area contributed by atoms with E-state index in [1.54, 1.807) is 19.9 Å². The Bertz CT molecular complexity index is 607. The average Bonchev–Trinajstić information content (AvgIpc) is 2.36. The van der Waals surface area contributed by atoms with Crippen molar-refractivity contribution in [2.75, 3.05) is 5.32 Å². The van der Waals surface area contributed by atoms with E-state index in [-0.39, 0.29) is 22.9 Å². The molecule has 22 heavy (non-hydrogen) atoms. The molecule has 5 nitrogen and oxygen atoms in total. The van der Waals surface area contributed by atoms with Crippen molar-refractivity contribution in [2.24, 2.45) is 5.41 Å². The van der Waals surface area contributed by atoms with Crippen LogP contribution in [0.15, 0.2) is 18.3 Å². The Morgan fingerprint density at radius 1 is 1.27 bits per heavy atom. The lowest BCUT2D eigenvalue weighted by Gasteiger charge is -2.19. The van der Waals surface area contributed by atoms with E-state index >= 15 is 0 Å². The van der Waals surface area contributed by atoms with E-state index in [1.165, 1.54) is 12.3 Å². The zero-order valence-corrected chi connectivity index (χ0v) is 13.8. The van der Waals surface area contributed by atoms with Crippen molar-refractivity contribution in [3.63, 3.8) is 0 Å². The maximum absolute atomic E-state index is 12.1. The Morgan fingerprint density at radius 3 is 2.45 bits per heavy atom. The maximum Gasteiger partial charge on any atom is 0.271 e. The number of aromatic nitrogens is 1. The van der Waals surface area contributed by atoms with Gasteiger partial charge in [-0.2, -0.15) is 0 Å². The molecule has 1 rings (SSSR count). The highest BCUT2D eigenvalue weighted by Crippen LogP contribution is 2.19. The molecule has 0 unspecified atom stereocenters. The van der Waals surface area contributed by atoms with E-state index in [1.807, 2.05) is 20.8 Å². The summed E-state index contributed by atoms with van der Waals surface area (Å²) in [5.41, 5.74) is -0.122. The first kappa shape index (κ1) is 17.7. The largest absolute Gasteiger partial charge is 0.335 e. The molecule has 0 saturated carbocycles. The van der Waals surface area contributed by atoms with Gasteiger partial charge >= 0.3 is 0 Å². The number of carbonyl (C=O) groups excluding carboxylic acids is 2. The fraction of sp³-hybridized carbons (Fsp3) is 0.471. The molecule has 0 fully saturated rings. The Labute approximate surface area is 131 Å². The van der Waals surface area contributed by atoms with Crippen molar-refractivity contribution in [3.05, 3.63) is 24.0 Å². The lowest BCUT2D eigenvalue weighted by molar-refractivity contribution is -0.117. The molecule has 0 bridgehead atoms. The molecule has 2 amide bonds. The first-order chi connectivity index (χ1) is 10.0. The summed E-state index contributed by atoms with van der Waals surface area (Å²) in [5.74, 6) is 2.00. The lowest BCUT2D eigenvalue weighted by Crippen LogP contribution is -2.42. The quantitative estimate of drug-likeness (QED) is 0.840. The summed E-state index contributed by atoms with van der Waals surface area (Å²) in [5, 5.41) is 5.46. The molecule has 0 radical (unpaired) electrons. The molecular weight excluding hydrogens is 278 g/mol. The van der Waals surface area contributed by atoms with Gasteiger partial charge in [0.25, 0.3) is 5.91 Å². The van der Waals surface area contributed by atoms with Crippen molar-refractivity contribution < 1.29 is 9.59 Å². The Kier molecular flexibility index (Phi) is 5.32. The molecule has 1 aromatic heterocycles. The number of rotatable bonds is 4. The van der Waals surface area contributed by atoms with E-state index in [2.05, 4.69) is 21.5 Å². The highest BCUT2D eigenvalue weighted by Gasteiger charge is 2.20. The summed E-state index contributed by atoms with van der Waals surface area (Å²) in [6.45, 7) is 9.40. The lowest BCUT2D eigenvalue weighted by atomic mass is 9.92. The Balaban J connectivity index is 2.81. The van der Waals surface area contributed by atoms with Crippen LogP contribution in [0, 0.1) is 17.8 Å². The first-order valence-electron chi connectivity index (χ1n) is 7.09. The minimum Gasteiger partial charge on any atom is -0.335 e. The zero-order chi connectivity index (χ0) is 17.0. The van der Waals surface area contributed by atoms with Crippen molar-refractivity contribution in [2.45, 2.75) is 46.6 Å². The third-order valence-electron chi connectivity index (χ3n) is 2.75. The summed E-state index contributed by atoms with van der Waals surface area (Å²) < 4.78 is 0. The number of nitrogens with one attached hydrogen (secondary N) is 2. The minimum atomic E-state index is -0.760. The van der Waals surface area contributed by atoms with Crippen LogP contribution in [0.25, 0.3) is 0 Å². The van der Waals surface area contributed by atoms with Crippen LogP contribution in [0.2, 0.25) is 0 Å². The maximum atomic E-state index is 12.1. The number of hydrogen-bond donors (Lipinski definition) is 2. The molecule has 1 aromatic rings. The Hall–Kier alpha value is -2.35. The monoisotopic (exact) mass is 301 g/mol. The molecule has 118 valence electrons. The van der Waals surface area contributed by atoms with Crippen LogP contribution in [0.4, 0.5) is 5.69 Å². The normalized spacial score (nSPS) is 11.5. The molecule has 0 atom stereocenters. The summed E-state index contributed by atoms with van der Waals surface area (Å²) in [4.78, 5) is 28.0. The predicted octanol–water partition coefficient (Wildman–Crippen LogP) is 2.60. The molecule has 0 aromatic carbocycles. The first-order valence-corrected chi connectivity index (χ1v) is 7.09. The van der Waals surface area contributed by atoms with Gasteiger partial charge in [0.15, 0.2) is 0 Å². The molecule has 0 spiro atoms. The highest BCUT2D eigenvalue weighted by atomic mass is 16.2. The second-order valence-corrected chi connectivity index (χ2v) is 6.94. The Morgan fingerprint density at radius 2 is 1.91 bits per heavy atom. The fourth-order valence-corrected chi connectivity index (χ4v) is 1.70. The van der Waals surface area contributed by atoms with Crippen molar-refractivity contribution in [1.29, 1.82) is 0 Å². The van der Waals surface area contributed by atoms with Gasteiger partial charge < -0.3 is 10.6 Å². The molecule has 0 saturated heterocycles. The van der Waals surface area contributed by atoms with E-state index in [4.69, 9.17) is 6.42 Å². The summed E-state index contributed by atoms with van der Waals surface area (Å²) >= 11 is 0. The van der Waals surface area contributed by atoms with Crippen LogP contribution in [-0.4, -0.2) is 22.3 Å². The third kappa shape index (κ3) is 5.96. The molecule has 1 heterocycles. The van der Waals surface area contributed by atoms with Crippen LogP contribution < -0.4 is 10.6 Å². The average molecular weight is 301 g/mol. The van der Waals surface area contributed by atoms with E-state index in [0.717, 1.165) is 0 Å². The molecule has 0 aliphatic rings. The van der Waals surface area contributed by atoms with Crippen LogP contribution in [0.1, 0.15) is 51.5 Å². The van der Waals surface area contributed by atoms with E-state index in [0.29, 0.717) is 12.1 Å². The van der Waals surface area contributed by atoms with Crippen molar-refractivity contribution >= 4 is 17.5 Å². The van der Waals surface area contributed by atoms with Gasteiger partial charge in [-0.05, 0) is 31.4 Å². The van der Waals surface area contributed by atoms with Gasteiger partial charge in [-0.3, -0.25) is 14.6 Å². The summed E-state index contributed by atoms with van der Waals surface area (Å²) in [6, 6.07) is 3.17. The highest BCUT2D eigenvalue weighted by molar-refractivity contribution is 5.96. The number of carbonyl (C=O) groups is 2. The van der Waals surface area contributed by atoms with E-state index in [9.17, 15) is 9.59 Å².